The van der Waals surface area contributed by atoms with Gasteiger partial charge in [-0.15, -0.1) is 11.3 Å². The third-order valence-corrected chi connectivity index (χ3v) is 4.51. The monoisotopic (exact) mass is 366 g/mol. The van der Waals surface area contributed by atoms with E-state index >= 15 is 0 Å². The zero-order valence-electron chi connectivity index (χ0n) is 11.7. The van der Waals surface area contributed by atoms with Crippen LogP contribution in [0.25, 0.3) is 0 Å². The van der Waals surface area contributed by atoms with Gasteiger partial charge in [-0.25, -0.2) is 0 Å². The number of aryl methyl sites for hydroxylation is 1. The number of carbonyl (C=O) groups is 2. The molecule has 0 radical (unpaired) electrons. The first kappa shape index (κ1) is 15.7. The standard InChI is InChI=1S/C15H15BrN2O2S/c1-3-14(19)17-10-5-4-9(2)11(8-10)18-15(20)12-6-7-13(16)21-12/h4-8H,3H2,1-2H3,(H,17,19)(H,18,20). The number of carbonyl (C=O) groups excluding carboxylic acids is 2. The molecule has 2 N–H and O–H groups in total. The van der Waals surface area contributed by atoms with Gasteiger partial charge in [0, 0.05) is 17.8 Å². The second-order valence-electron chi connectivity index (χ2n) is 4.49. The summed E-state index contributed by atoms with van der Waals surface area (Å²) in [4.78, 5) is 24.2. The Hall–Kier alpha value is -1.66. The molecule has 4 nitrogen and oxygen atoms in total. The lowest BCUT2D eigenvalue weighted by Crippen LogP contribution is -2.13. The van der Waals surface area contributed by atoms with Crippen LogP contribution in [0.1, 0.15) is 28.6 Å². The summed E-state index contributed by atoms with van der Waals surface area (Å²) in [7, 11) is 0. The Morgan fingerprint density at radius 1 is 1.19 bits per heavy atom. The molecule has 0 atom stereocenters. The highest BCUT2D eigenvalue weighted by Gasteiger charge is 2.11. The summed E-state index contributed by atoms with van der Waals surface area (Å²) in [5, 5.41) is 5.65. The maximum absolute atomic E-state index is 12.2. The van der Waals surface area contributed by atoms with E-state index in [1.807, 2.05) is 25.1 Å². The van der Waals surface area contributed by atoms with Crippen molar-refractivity contribution in [1.29, 1.82) is 0 Å². The molecule has 21 heavy (non-hydrogen) atoms. The SMILES string of the molecule is CCC(=O)Nc1ccc(C)c(NC(=O)c2ccc(Br)s2)c1. The molecule has 1 heterocycles. The van der Waals surface area contributed by atoms with Crippen molar-refractivity contribution in [2.24, 2.45) is 0 Å². The van der Waals surface area contributed by atoms with Crippen LogP contribution in [0, 0.1) is 6.92 Å². The minimum atomic E-state index is -0.159. The van der Waals surface area contributed by atoms with Gasteiger partial charge >= 0.3 is 0 Å². The summed E-state index contributed by atoms with van der Waals surface area (Å²) in [5.74, 6) is -0.217. The number of rotatable bonds is 4. The lowest BCUT2D eigenvalue weighted by atomic mass is 10.1. The van der Waals surface area contributed by atoms with E-state index < -0.39 is 0 Å². The molecule has 0 fully saturated rings. The zero-order valence-corrected chi connectivity index (χ0v) is 14.1. The average Bonchev–Trinajstić information content (AvgIpc) is 2.89. The van der Waals surface area contributed by atoms with E-state index in [1.165, 1.54) is 11.3 Å². The van der Waals surface area contributed by atoms with Gasteiger partial charge in [0.05, 0.1) is 8.66 Å². The molecule has 1 aromatic heterocycles. The summed E-state index contributed by atoms with van der Waals surface area (Å²) in [6.07, 6.45) is 0.415. The Labute approximate surface area is 135 Å². The number of hydrogen-bond acceptors (Lipinski definition) is 3. The van der Waals surface area contributed by atoms with Crippen LogP contribution in [0.3, 0.4) is 0 Å². The maximum atomic E-state index is 12.2. The molecule has 0 saturated heterocycles. The third-order valence-electron chi connectivity index (χ3n) is 2.89. The molecule has 110 valence electrons. The Bertz CT molecular complexity index is 682. The van der Waals surface area contributed by atoms with Crippen molar-refractivity contribution in [1.82, 2.24) is 0 Å². The van der Waals surface area contributed by atoms with Crippen molar-refractivity contribution in [3.05, 3.63) is 44.6 Å². The molecular weight excluding hydrogens is 352 g/mol. The molecule has 1 aromatic carbocycles. The first-order valence-electron chi connectivity index (χ1n) is 6.46. The van der Waals surface area contributed by atoms with Crippen LogP contribution in [0.5, 0.6) is 0 Å². The van der Waals surface area contributed by atoms with Crippen molar-refractivity contribution in [3.63, 3.8) is 0 Å². The predicted octanol–water partition coefficient (Wildman–Crippen LogP) is 4.42. The van der Waals surface area contributed by atoms with Gasteiger partial charge < -0.3 is 10.6 Å². The average molecular weight is 367 g/mol. The van der Waals surface area contributed by atoms with Crippen molar-refractivity contribution < 1.29 is 9.59 Å². The van der Waals surface area contributed by atoms with E-state index in [1.54, 1.807) is 19.1 Å². The Morgan fingerprint density at radius 3 is 2.57 bits per heavy atom. The highest BCUT2D eigenvalue weighted by atomic mass is 79.9. The molecule has 0 aliphatic rings. The van der Waals surface area contributed by atoms with Crippen molar-refractivity contribution >= 4 is 50.5 Å². The fourth-order valence-electron chi connectivity index (χ4n) is 1.70. The fraction of sp³-hybridized carbons (Fsp3) is 0.200. The Kier molecular flexibility index (Phi) is 5.14. The van der Waals surface area contributed by atoms with E-state index in [0.717, 1.165) is 9.35 Å². The van der Waals surface area contributed by atoms with Crippen LogP contribution in [-0.4, -0.2) is 11.8 Å². The summed E-state index contributed by atoms with van der Waals surface area (Å²) in [5.41, 5.74) is 2.31. The number of hydrogen-bond donors (Lipinski definition) is 2. The largest absolute Gasteiger partial charge is 0.326 e. The van der Waals surface area contributed by atoms with Gasteiger partial charge in [-0.2, -0.15) is 0 Å². The van der Waals surface area contributed by atoms with Crippen LogP contribution in [0.15, 0.2) is 34.1 Å². The molecule has 0 saturated carbocycles. The molecule has 2 amide bonds. The smallest absolute Gasteiger partial charge is 0.265 e. The number of anilines is 2. The molecule has 0 bridgehead atoms. The first-order chi connectivity index (χ1) is 9.99. The third kappa shape index (κ3) is 4.15. The minimum Gasteiger partial charge on any atom is -0.326 e. The zero-order chi connectivity index (χ0) is 15.4. The van der Waals surface area contributed by atoms with E-state index in [9.17, 15) is 9.59 Å². The maximum Gasteiger partial charge on any atom is 0.265 e. The van der Waals surface area contributed by atoms with E-state index in [2.05, 4.69) is 26.6 Å². The molecule has 2 rings (SSSR count). The molecule has 6 heteroatoms. The number of halogens is 1. The van der Waals surface area contributed by atoms with Gasteiger partial charge in [0.1, 0.15) is 0 Å². The summed E-state index contributed by atoms with van der Waals surface area (Å²) in [6, 6.07) is 9.06. The van der Waals surface area contributed by atoms with Gasteiger partial charge in [-0.1, -0.05) is 13.0 Å². The number of nitrogens with one attached hydrogen (secondary N) is 2. The molecule has 2 aromatic rings. The van der Waals surface area contributed by atoms with Crippen LogP contribution in [0.4, 0.5) is 11.4 Å². The quantitative estimate of drug-likeness (QED) is 0.841. The van der Waals surface area contributed by atoms with Gasteiger partial charge in [0.25, 0.3) is 5.91 Å². The summed E-state index contributed by atoms with van der Waals surface area (Å²) in [6.45, 7) is 3.70. The second-order valence-corrected chi connectivity index (χ2v) is 6.95. The highest BCUT2D eigenvalue weighted by Crippen LogP contribution is 2.25. The van der Waals surface area contributed by atoms with Gasteiger partial charge in [0.15, 0.2) is 0 Å². The highest BCUT2D eigenvalue weighted by molar-refractivity contribution is 9.11. The van der Waals surface area contributed by atoms with Gasteiger partial charge in [-0.3, -0.25) is 9.59 Å². The molecule has 0 aliphatic heterocycles. The van der Waals surface area contributed by atoms with Crippen LogP contribution >= 0.6 is 27.3 Å². The van der Waals surface area contributed by atoms with Crippen molar-refractivity contribution in [2.75, 3.05) is 10.6 Å². The lowest BCUT2D eigenvalue weighted by molar-refractivity contribution is -0.115. The van der Waals surface area contributed by atoms with Crippen LogP contribution in [-0.2, 0) is 4.79 Å². The first-order valence-corrected chi connectivity index (χ1v) is 8.07. The second kappa shape index (κ2) is 6.87. The number of benzene rings is 1. The van der Waals surface area contributed by atoms with E-state index in [-0.39, 0.29) is 11.8 Å². The molecule has 0 aliphatic carbocycles. The Morgan fingerprint density at radius 2 is 1.95 bits per heavy atom. The minimum absolute atomic E-state index is 0.0571. The Balaban J connectivity index is 2.17. The fourth-order valence-corrected chi connectivity index (χ4v) is 2.99. The molecular formula is C15H15BrN2O2S. The topological polar surface area (TPSA) is 58.2 Å². The number of amides is 2. The van der Waals surface area contributed by atoms with Crippen LogP contribution in [0.2, 0.25) is 0 Å². The normalized spacial score (nSPS) is 10.2. The predicted molar refractivity (Wildman–Crippen MR) is 90.1 cm³/mol. The molecule has 0 spiro atoms. The van der Waals surface area contributed by atoms with E-state index in [4.69, 9.17) is 0 Å². The van der Waals surface area contributed by atoms with Crippen LogP contribution < -0.4 is 10.6 Å². The molecule has 0 unspecified atom stereocenters. The number of thiophene rings is 1. The summed E-state index contributed by atoms with van der Waals surface area (Å²) < 4.78 is 0.910. The van der Waals surface area contributed by atoms with Crippen molar-refractivity contribution in [2.45, 2.75) is 20.3 Å². The van der Waals surface area contributed by atoms with Crippen molar-refractivity contribution in [3.8, 4) is 0 Å². The lowest BCUT2D eigenvalue weighted by Gasteiger charge is -2.10. The van der Waals surface area contributed by atoms with Gasteiger partial charge in [0.2, 0.25) is 5.91 Å². The van der Waals surface area contributed by atoms with Gasteiger partial charge in [-0.05, 0) is 52.7 Å². The summed E-state index contributed by atoms with van der Waals surface area (Å²) >= 11 is 4.71. The van der Waals surface area contributed by atoms with E-state index in [0.29, 0.717) is 22.7 Å².